The molecule has 0 aromatic carbocycles. The van der Waals surface area contributed by atoms with Gasteiger partial charge < -0.3 is 28.3 Å². The number of nitrogens with zero attached hydrogens (tertiary/aromatic N) is 1. The lowest BCUT2D eigenvalue weighted by Crippen LogP contribution is -2.50. The number of ether oxygens (including phenoxy) is 1. The fourth-order valence-corrected chi connectivity index (χ4v) is 12.0. The van der Waals surface area contributed by atoms with Crippen LogP contribution in [-0.4, -0.2) is 88.8 Å². The second-order valence-corrected chi connectivity index (χ2v) is 15.6. The third-order valence-corrected chi connectivity index (χ3v) is 11.7. The van der Waals surface area contributed by atoms with E-state index < -0.39 is 32.7 Å². The van der Waals surface area contributed by atoms with Crippen LogP contribution in [0.4, 0.5) is 0 Å². The second kappa shape index (κ2) is 16.6. The van der Waals surface area contributed by atoms with Crippen LogP contribution in [0.3, 0.4) is 0 Å². The standard InChI is InChI=1S/C12H33NO4Si3.C4H11N/c1-8-13(2)9-12(14)10-15-11-20(7,16-18(3)4)17-19(5)6;1-3-5-4-2/h12,14,18-19H,8-11H2,1-7H3;5H,3-4H2,1-2H3. The van der Waals surface area contributed by atoms with Crippen molar-refractivity contribution in [2.75, 3.05) is 46.1 Å². The van der Waals surface area contributed by atoms with Gasteiger partial charge >= 0.3 is 8.56 Å². The number of rotatable bonds is 13. The summed E-state index contributed by atoms with van der Waals surface area (Å²) in [6.07, 6.45) is 0.0572. The lowest BCUT2D eigenvalue weighted by Gasteiger charge is -2.31. The van der Waals surface area contributed by atoms with Crippen LogP contribution in [0.1, 0.15) is 20.8 Å². The monoisotopic (exact) mass is 412 g/mol. The van der Waals surface area contributed by atoms with E-state index >= 15 is 0 Å². The zero-order chi connectivity index (χ0) is 19.9. The highest BCUT2D eigenvalue weighted by Gasteiger charge is 2.34. The van der Waals surface area contributed by atoms with Gasteiger partial charge in [-0.2, -0.15) is 0 Å². The van der Waals surface area contributed by atoms with Crippen molar-refractivity contribution in [2.45, 2.75) is 59.6 Å². The summed E-state index contributed by atoms with van der Waals surface area (Å²) in [7, 11) is -2.51. The van der Waals surface area contributed by atoms with E-state index in [1.807, 2.05) is 7.05 Å². The highest BCUT2D eigenvalue weighted by molar-refractivity contribution is 6.78. The van der Waals surface area contributed by atoms with Gasteiger partial charge in [-0.1, -0.05) is 20.8 Å². The topological polar surface area (TPSA) is 63.2 Å². The Morgan fingerprint density at radius 2 is 1.52 bits per heavy atom. The van der Waals surface area contributed by atoms with E-state index in [2.05, 4.69) is 63.7 Å². The van der Waals surface area contributed by atoms with Crippen molar-refractivity contribution < 1.29 is 18.1 Å². The minimum atomic E-state index is -2.21. The molecule has 154 valence electrons. The van der Waals surface area contributed by atoms with Crippen molar-refractivity contribution in [3.05, 3.63) is 0 Å². The lowest BCUT2D eigenvalue weighted by atomic mass is 10.3. The van der Waals surface area contributed by atoms with Gasteiger partial charge in [0.05, 0.1) is 18.9 Å². The molecule has 0 aliphatic heterocycles. The van der Waals surface area contributed by atoms with Crippen molar-refractivity contribution >= 4 is 26.6 Å². The number of nitrogens with one attached hydrogen (secondary N) is 1. The minimum absolute atomic E-state index is 0.346. The first kappa shape index (κ1) is 27.6. The second-order valence-electron chi connectivity index (χ2n) is 6.95. The van der Waals surface area contributed by atoms with Crippen molar-refractivity contribution in [1.82, 2.24) is 10.2 Å². The van der Waals surface area contributed by atoms with Gasteiger partial charge in [0, 0.05) is 6.54 Å². The Morgan fingerprint density at radius 1 is 1.04 bits per heavy atom. The lowest BCUT2D eigenvalue weighted by molar-refractivity contribution is 0.0303. The highest BCUT2D eigenvalue weighted by atomic mass is 28.5. The Balaban J connectivity index is 0. The quantitative estimate of drug-likeness (QED) is 0.447. The third kappa shape index (κ3) is 19.0. The smallest absolute Gasteiger partial charge is 0.340 e. The van der Waals surface area contributed by atoms with E-state index in [-0.39, 0.29) is 0 Å². The molecule has 0 aromatic rings. The van der Waals surface area contributed by atoms with Crippen LogP contribution >= 0.6 is 0 Å². The summed E-state index contributed by atoms with van der Waals surface area (Å²) in [5.41, 5.74) is 0. The largest absolute Gasteiger partial charge is 0.438 e. The summed E-state index contributed by atoms with van der Waals surface area (Å²) in [6.45, 7) is 21.1. The SMILES string of the molecule is CCN(C)CC(O)COC[Si](C)(O[SiH](C)C)O[SiH](C)C.CCNCC. The maximum absolute atomic E-state index is 9.90. The average molecular weight is 413 g/mol. The molecule has 0 heterocycles. The predicted molar refractivity (Wildman–Crippen MR) is 116 cm³/mol. The Morgan fingerprint density at radius 3 is 1.84 bits per heavy atom. The molecule has 1 unspecified atom stereocenters. The molecule has 1 atom stereocenters. The number of aliphatic hydroxyl groups is 1. The van der Waals surface area contributed by atoms with E-state index in [4.69, 9.17) is 13.0 Å². The van der Waals surface area contributed by atoms with Crippen molar-refractivity contribution in [1.29, 1.82) is 0 Å². The predicted octanol–water partition coefficient (Wildman–Crippen LogP) is 1.54. The molecule has 0 fully saturated rings. The molecule has 0 saturated heterocycles. The average Bonchev–Trinajstić information content (AvgIpc) is 2.46. The van der Waals surface area contributed by atoms with Crippen LogP contribution in [0, 0.1) is 0 Å². The number of hydrogen-bond acceptors (Lipinski definition) is 6. The molecule has 0 radical (unpaired) electrons. The first-order valence-corrected chi connectivity index (χ1v) is 17.7. The first-order valence-electron chi connectivity index (χ1n) is 9.60. The van der Waals surface area contributed by atoms with Crippen LogP contribution in [0.2, 0.25) is 32.7 Å². The first-order chi connectivity index (χ1) is 11.6. The molecule has 0 bridgehead atoms. The van der Waals surface area contributed by atoms with Gasteiger partial charge in [0.15, 0.2) is 18.1 Å². The van der Waals surface area contributed by atoms with E-state index in [9.17, 15) is 5.11 Å². The molecule has 25 heavy (non-hydrogen) atoms. The summed E-state index contributed by atoms with van der Waals surface area (Å²) >= 11 is 0. The van der Waals surface area contributed by atoms with Crippen LogP contribution in [0.25, 0.3) is 0 Å². The third-order valence-electron chi connectivity index (χ3n) is 3.21. The van der Waals surface area contributed by atoms with Crippen molar-refractivity contribution in [3.8, 4) is 0 Å². The molecule has 6 nitrogen and oxygen atoms in total. The van der Waals surface area contributed by atoms with Gasteiger partial charge in [-0.15, -0.1) is 0 Å². The summed E-state index contributed by atoms with van der Waals surface area (Å²) in [6, 6.07) is 0. The molecule has 2 N–H and O–H groups in total. The molecular formula is C16H44N2O4Si3. The van der Waals surface area contributed by atoms with Gasteiger partial charge in [-0.05, 0) is 59.4 Å². The van der Waals surface area contributed by atoms with Gasteiger partial charge in [0.25, 0.3) is 0 Å². The van der Waals surface area contributed by atoms with Crippen LogP contribution in [0.15, 0.2) is 0 Å². The molecule has 0 spiro atoms. The minimum Gasteiger partial charge on any atom is -0.438 e. The highest BCUT2D eigenvalue weighted by Crippen LogP contribution is 2.12. The van der Waals surface area contributed by atoms with Gasteiger partial charge in [-0.3, -0.25) is 0 Å². The maximum atomic E-state index is 9.90. The van der Waals surface area contributed by atoms with Gasteiger partial charge in [0.2, 0.25) is 0 Å². The fourth-order valence-electron chi connectivity index (χ4n) is 2.26. The van der Waals surface area contributed by atoms with Crippen molar-refractivity contribution in [3.63, 3.8) is 0 Å². The van der Waals surface area contributed by atoms with Crippen molar-refractivity contribution in [2.24, 2.45) is 0 Å². The maximum Gasteiger partial charge on any atom is 0.340 e. The molecule has 0 rings (SSSR count). The zero-order valence-electron chi connectivity index (χ0n) is 18.1. The van der Waals surface area contributed by atoms with E-state index in [0.29, 0.717) is 19.4 Å². The molecule has 0 aliphatic carbocycles. The molecule has 0 saturated carbocycles. The normalized spacial score (nSPS) is 13.3. The summed E-state index contributed by atoms with van der Waals surface area (Å²) in [5.74, 6) is 0. The molecule has 9 heteroatoms. The number of hydrogen-bond donors (Lipinski definition) is 2. The Bertz CT molecular complexity index is 289. The Labute approximate surface area is 160 Å². The van der Waals surface area contributed by atoms with Crippen LogP contribution in [0.5, 0.6) is 0 Å². The number of likely N-dealkylation sites (N-methyl/N-ethyl adjacent to an activating group) is 1. The summed E-state index contributed by atoms with van der Waals surface area (Å²) in [5, 5.41) is 13.0. The van der Waals surface area contributed by atoms with Crippen LogP contribution < -0.4 is 5.32 Å². The van der Waals surface area contributed by atoms with Gasteiger partial charge in [0.1, 0.15) is 0 Å². The molecule has 0 aromatic heterocycles. The molecule has 0 aliphatic rings. The fraction of sp³-hybridized carbons (Fsp3) is 1.00. The molecular weight excluding hydrogens is 368 g/mol. The zero-order valence-corrected chi connectivity index (χ0v) is 21.4. The summed E-state index contributed by atoms with van der Waals surface area (Å²) < 4.78 is 17.9. The van der Waals surface area contributed by atoms with E-state index in [1.165, 1.54) is 0 Å². The Hall–Kier alpha value is 0.411. The van der Waals surface area contributed by atoms with E-state index in [0.717, 1.165) is 19.6 Å². The van der Waals surface area contributed by atoms with Crippen LogP contribution in [-0.2, 0) is 13.0 Å². The molecule has 0 amide bonds. The Kier molecular flexibility index (Phi) is 18.3. The summed E-state index contributed by atoms with van der Waals surface area (Å²) in [4.78, 5) is 2.07. The van der Waals surface area contributed by atoms with E-state index in [1.54, 1.807) is 0 Å². The van der Waals surface area contributed by atoms with Gasteiger partial charge in [-0.25, -0.2) is 0 Å². The number of aliphatic hydroxyl groups excluding tert-OH is 1.